The minimum Gasteiger partial charge on any atom is -0.359 e. The molecule has 1 rings (SSSR count). The molecule has 2 N–H and O–H groups in total. The van der Waals surface area contributed by atoms with Crippen molar-refractivity contribution >= 4 is 5.91 Å². The fourth-order valence-electron chi connectivity index (χ4n) is 1.60. The summed E-state index contributed by atoms with van der Waals surface area (Å²) in [6.45, 7) is 2.70. The highest BCUT2D eigenvalue weighted by Gasteiger charge is 2.04. The second-order valence-electron chi connectivity index (χ2n) is 4.11. The Morgan fingerprint density at radius 3 is 2.59 bits per heavy atom. The maximum Gasteiger partial charge on any atom is 0.221 e. The molecule has 0 spiro atoms. The molecule has 0 bridgehead atoms. The summed E-state index contributed by atoms with van der Waals surface area (Å²) >= 11 is 0. The number of hydrogen-bond acceptors (Lipinski definition) is 2. The summed E-state index contributed by atoms with van der Waals surface area (Å²) in [4.78, 5) is 11.0. The summed E-state index contributed by atoms with van der Waals surface area (Å²) in [7, 11) is 1.63. The topological polar surface area (TPSA) is 41.1 Å². The minimum atomic E-state index is -0.214. The molecule has 0 aliphatic rings. The van der Waals surface area contributed by atoms with Gasteiger partial charge in [-0.25, -0.2) is 4.39 Å². The van der Waals surface area contributed by atoms with E-state index in [0.29, 0.717) is 13.0 Å². The molecule has 94 valence electrons. The molecule has 1 unspecified atom stereocenters. The molecule has 1 amide bonds. The van der Waals surface area contributed by atoms with Gasteiger partial charge in [0.15, 0.2) is 0 Å². The van der Waals surface area contributed by atoms with E-state index in [0.717, 1.165) is 12.0 Å². The van der Waals surface area contributed by atoms with Gasteiger partial charge in [0.1, 0.15) is 5.82 Å². The molecule has 1 aromatic carbocycles. The van der Waals surface area contributed by atoms with E-state index in [2.05, 4.69) is 10.6 Å². The number of rotatable bonds is 6. The van der Waals surface area contributed by atoms with Gasteiger partial charge in [0, 0.05) is 26.1 Å². The molecule has 0 saturated heterocycles. The summed E-state index contributed by atoms with van der Waals surface area (Å²) in [5.41, 5.74) is 1.09. The number of carbonyl (C=O) groups excluding carboxylic acids is 1. The van der Waals surface area contributed by atoms with Crippen molar-refractivity contribution in [3.63, 3.8) is 0 Å². The molecule has 0 aliphatic carbocycles. The Morgan fingerprint density at radius 1 is 1.35 bits per heavy atom. The number of nitrogens with one attached hydrogen (secondary N) is 2. The highest BCUT2D eigenvalue weighted by atomic mass is 19.1. The van der Waals surface area contributed by atoms with Gasteiger partial charge in [0.25, 0.3) is 0 Å². The zero-order valence-electron chi connectivity index (χ0n) is 10.3. The third kappa shape index (κ3) is 5.45. The summed E-state index contributed by atoms with van der Waals surface area (Å²) < 4.78 is 12.7. The number of halogens is 1. The average Bonchev–Trinajstić information content (AvgIpc) is 2.32. The van der Waals surface area contributed by atoms with E-state index in [-0.39, 0.29) is 17.8 Å². The summed E-state index contributed by atoms with van der Waals surface area (Å²) in [6, 6.07) is 6.77. The number of hydrogen-bond donors (Lipinski definition) is 2. The molecule has 0 fully saturated rings. The Kier molecular flexibility index (Phi) is 5.63. The SMILES string of the molecule is CNC(=O)CCNC(C)Cc1ccc(F)cc1. The van der Waals surface area contributed by atoms with Gasteiger partial charge in [0.2, 0.25) is 5.91 Å². The van der Waals surface area contributed by atoms with Crippen LogP contribution in [0.1, 0.15) is 18.9 Å². The molecule has 17 heavy (non-hydrogen) atoms. The van der Waals surface area contributed by atoms with Gasteiger partial charge in [-0.3, -0.25) is 4.79 Å². The molecule has 1 atom stereocenters. The van der Waals surface area contributed by atoms with E-state index >= 15 is 0 Å². The van der Waals surface area contributed by atoms with Gasteiger partial charge in [-0.15, -0.1) is 0 Å². The average molecular weight is 238 g/mol. The molecule has 4 heteroatoms. The molecule has 0 aliphatic heterocycles. The van der Waals surface area contributed by atoms with Crippen LogP contribution in [0.15, 0.2) is 24.3 Å². The second kappa shape index (κ2) is 7.01. The smallest absolute Gasteiger partial charge is 0.221 e. The first-order valence-corrected chi connectivity index (χ1v) is 5.80. The van der Waals surface area contributed by atoms with Gasteiger partial charge in [-0.1, -0.05) is 12.1 Å². The first kappa shape index (κ1) is 13.6. The van der Waals surface area contributed by atoms with Crippen molar-refractivity contribution in [2.45, 2.75) is 25.8 Å². The predicted octanol–water partition coefficient (Wildman–Crippen LogP) is 1.48. The van der Waals surface area contributed by atoms with Crippen molar-refractivity contribution in [1.29, 1.82) is 0 Å². The zero-order chi connectivity index (χ0) is 12.7. The number of benzene rings is 1. The lowest BCUT2D eigenvalue weighted by Gasteiger charge is -2.13. The lowest BCUT2D eigenvalue weighted by molar-refractivity contribution is -0.120. The van der Waals surface area contributed by atoms with Crippen LogP contribution in [0.5, 0.6) is 0 Å². The molecule has 0 saturated carbocycles. The third-order valence-corrected chi connectivity index (χ3v) is 2.58. The highest BCUT2D eigenvalue weighted by Crippen LogP contribution is 2.05. The van der Waals surface area contributed by atoms with Crippen LogP contribution >= 0.6 is 0 Å². The Morgan fingerprint density at radius 2 is 2.00 bits per heavy atom. The molecule has 0 heterocycles. The van der Waals surface area contributed by atoms with Gasteiger partial charge in [0.05, 0.1) is 0 Å². The first-order chi connectivity index (χ1) is 8.11. The van der Waals surface area contributed by atoms with Crippen molar-refractivity contribution in [1.82, 2.24) is 10.6 Å². The van der Waals surface area contributed by atoms with Crippen LogP contribution in [0.2, 0.25) is 0 Å². The van der Waals surface area contributed by atoms with Gasteiger partial charge >= 0.3 is 0 Å². The summed E-state index contributed by atoms with van der Waals surface area (Å²) in [5.74, 6) is -0.180. The molecule has 3 nitrogen and oxygen atoms in total. The second-order valence-corrected chi connectivity index (χ2v) is 4.11. The van der Waals surface area contributed by atoms with E-state index in [1.807, 2.05) is 6.92 Å². The normalized spacial score (nSPS) is 12.2. The van der Waals surface area contributed by atoms with Crippen molar-refractivity contribution in [3.8, 4) is 0 Å². The van der Waals surface area contributed by atoms with Crippen LogP contribution in [0.4, 0.5) is 4.39 Å². The molecule has 1 aromatic rings. The monoisotopic (exact) mass is 238 g/mol. The lowest BCUT2D eigenvalue weighted by atomic mass is 10.1. The Balaban J connectivity index is 2.27. The van der Waals surface area contributed by atoms with Crippen LogP contribution in [-0.4, -0.2) is 25.5 Å². The third-order valence-electron chi connectivity index (χ3n) is 2.58. The number of amides is 1. The fraction of sp³-hybridized carbons (Fsp3) is 0.462. The minimum absolute atomic E-state index is 0.0338. The molecule has 0 radical (unpaired) electrons. The van der Waals surface area contributed by atoms with Crippen LogP contribution < -0.4 is 10.6 Å². The van der Waals surface area contributed by atoms with Crippen LogP contribution in [0.3, 0.4) is 0 Å². The summed E-state index contributed by atoms with van der Waals surface area (Å²) in [6.07, 6.45) is 1.30. The van der Waals surface area contributed by atoms with Crippen LogP contribution in [-0.2, 0) is 11.2 Å². The van der Waals surface area contributed by atoms with Crippen molar-refractivity contribution < 1.29 is 9.18 Å². The Labute approximate surface area is 101 Å². The molecular formula is C13H19FN2O. The van der Waals surface area contributed by atoms with Gasteiger partial charge in [-0.2, -0.15) is 0 Å². The van der Waals surface area contributed by atoms with Gasteiger partial charge in [-0.05, 0) is 31.0 Å². The van der Waals surface area contributed by atoms with Crippen molar-refractivity contribution in [2.75, 3.05) is 13.6 Å². The standard InChI is InChI=1S/C13H19FN2O/c1-10(16-8-7-13(17)15-2)9-11-3-5-12(14)6-4-11/h3-6,10,16H,7-9H2,1-2H3,(H,15,17). The quantitative estimate of drug-likeness (QED) is 0.788. The molecule has 0 aromatic heterocycles. The van der Waals surface area contributed by atoms with E-state index in [4.69, 9.17) is 0 Å². The Hall–Kier alpha value is -1.42. The Bertz CT molecular complexity index is 351. The van der Waals surface area contributed by atoms with Crippen molar-refractivity contribution in [2.24, 2.45) is 0 Å². The number of carbonyl (C=O) groups is 1. The first-order valence-electron chi connectivity index (χ1n) is 5.80. The van der Waals surface area contributed by atoms with Crippen molar-refractivity contribution in [3.05, 3.63) is 35.6 Å². The zero-order valence-corrected chi connectivity index (χ0v) is 10.3. The predicted molar refractivity (Wildman–Crippen MR) is 66.3 cm³/mol. The van der Waals surface area contributed by atoms with E-state index in [1.54, 1.807) is 19.2 Å². The van der Waals surface area contributed by atoms with E-state index < -0.39 is 0 Å². The maximum absolute atomic E-state index is 12.7. The molecular weight excluding hydrogens is 219 g/mol. The van der Waals surface area contributed by atoms with Gasteiger partial charge < -0.3 is 10.6 Å². The maximum atomic E-state index is 12.7. The van der Waals surface area contributed by atoms with E-state index in [1.165, 1.54) is 12.1 Å². The van der Waals surface area contributed by atoms with E-state index in [9.17, 15) is 9.18 Å². The largest absolute Gasteiger partial charge is 0.359 e. The lowest BCUT2D eigenvalue weighted by Crippen LogP contribution is -2.32. The highest BCUT2D eigenvalue weighted by molar-refractivity contribution is 5.75. The fourth-order valence-corrected chi connectivity index (χ4v) is 1.60. The van der Waals surface area contributed by atoms with Crippen LogP contribution in [0.25, 0.3) is 0 Å². The van der Waals surface area contributed by atoms with Crippen LogP contribution in [0, 0.1) is 5.82 Å². The summed E-state index contributed by atoms with van der Waals surface area (Å²) in [5, 5.41) is 5.83.